The number of ether oxygens (including phenoxy) is 1. The number of aryl methyl sites for hydroxylation is 1. The molecule has 0 spiro atoms. The van der Waals surface area contributed by atoms with Crippen LogP contribution in [0.25, 0.3) is 0 Å². The van der Waals surface area contributed by atoms with E-state index in [-0.39, 0.29) is 11.8 Å². The van der Waals surface area contributed by atoms with Gasteiger partial charge in [0.2, 0.25) is 0 Å². The van der Waals surface area contributed by atoms with Gasteiger partial charge in [-0.2, -0.15) is 4.99 Å². The Bertz CT molecular complexity index is 578. The van der Waals surface area contributed by atoms with E-state index in [0.29, 0.717) is 18.4 Å². The molecule has 1 saturated carbocycles. The maximum atomic E-state index is 12.6. The zero-order valence-electron chi connectivity index (χ0n) is 14.4. The van der Waals surface area contributed by atoms with Crippen LogP contribution in [0.4, 0.5) is 0 Å². The molecule has 0 aliphatic heterocycles. The molecule has 0 bridgehead atoms. The van der Waals surface area contributed by atoms with E-state index in [9.17, 15) is 4.79 Å². The van der Waals surface area contributed by atoms with E-state index in [1.807, 2.05) is 0 Å². The summed E-state index contributed by atoms with van der Waals surface area (Å²) in [5, 5.41) is 0. The second kappa shape index (κ2) is 7.55. The van der Waals surface area contributed by atoms with Gasteiger partial charge < -0.3 is 9.30 Å². The molecule has 1 amide bonds. The fourth-order valence-corrected chi connectivity index (χ4v) is 4.47. The number of thiazole rings is 1. The van der Waals surface area contributed by atoms with Crippen molar-refractivity contribution in [3.63, 3.8) is 0 Å². The largest absolute Gasteiger partial charge is 0.383 e. The first kappa shape index (κ1) is 17.4. The molecule has 1 aliphatic rings. The standard InChI is InChI=1S/C17H28N2O2S/c1-11-8-12(2)10-15(9-11)16(20)18-17-19(6-7-21-5)13(3)14(4)22-17/h11-12,15H,6-10H2,1-5H3/t11-,12+,15?. The van der Waals surface area contributed by atoms with Gasteiger partial charge in [-0.3, -0.25) is 4.79 Å². The van der Waals surface area contributed by atoms with Crippen LogP contribution in [0.1, 0.15) is 43.7 Å². The highest BCUT2D eigenvalue weighted by Crippen LogP contribution is 2.33. The molecule has 2 rings (SSSR count). The van der Waals surface area contributed by atoms with E-state index < -0.39 is 0 Å². The van der Waals surface area contributed by atoms with Crippen LogP contribution < -0.4 is 4.80 Å². The number of amides is 1. The van der Waals surface area contributed by atoms with Crippen LogP contribution in [-0.4, -0.2) is 24.2 Å². The Labute approximate surface area is 137 Å². The van der Waals surface area contributed by atoms with Crippen LogP contribution in [0.5, 0.6) is 0 Å². The van der Waals surface area contributed by atoms with Crippen molar-refractivity contribution in [2.45, 2.75) is 53.5 Å². The van der Waals surface area contributed by atoms with Crippen molar-refractivity contribution >= 4 is 17.2 Å². The molecule has 1 aliphatic carbocycles. The number of carbonyl (C=O) groups is 1. The van der Waals surface area contributed by atoms with Gasteiger partial charge in [0.1, 0.15) is 0 Å². The lowest BCUT2D eigenvalue weighted by atomic mass is 9.76. The summed E-state index contributed by atoms with van der Waals surface area (Å²) in [5.41, 5.74) is 1.18. The molecule has 5 heteroatoms. The summed E-state index contributed by atoms with van der Waals surface area (Å²) in [6.07, 6.45) is 3.19. The van der Waals surface area contributed by atoms with Crippen molar-refractivity contribution < 1.29 is 9.53 Å². The number of aromatic nitrogens is 1. The van der Waals surface area contributed by atoms with Crippen molar-refractivity contribution in [1.82, 2.24) is 4.57 Å². The van der Waals surface area contributed by atoms with Crippen molar-refractivity contribution in [3.8, 4) is 0 Å². The van der Waals surface area contributed by atoms with Gasteiger partial charge in [0.25, 0.3) is 5.91 Å². The highest BCUT2D eigenvalue weighted by molar-refractivity contribution is 7.09. The lowest BCUT2D eigenvalue weighted by molar-refractivity contribution is -0.123. The van der Waals surface area contributed by atoms with E-state index in [4.69, 9.17) is 4.74 Å². The first-order valence-electron chi connectivity index (χ1n) is 8.16. The van der Waals surface area contributed by atoms with Gasteiger partial charge >= 0.3 is 0 Å². The molecule has 1 heterocycles. The summed E-state index contributed by atoms with van der Waals surface area (Å²) in [6, 6.07) is 0. The molecule has 1 fully saturated rings. The first-order valence-corrected chi connectivity index (χ1v) is 8.98. The van der Waals surface area contributed by atoms with E-state index in [1.165, 1.54) is 17.0 Å². The van der Waals surface area contributed by atoms with E-state index >= 15 is 0 Å². The molecule has 4 nitrogen and oxygen atoms in total. The van der Waals surface area contributed by atoms with E-state index in [2.05, 4.69) is 37.3 Å². The molecular weight excluding hydrogens is 296 g/mol. The Morgan fingerprint density at radius 1 is 1.27 bits per heavy atom. The van der Waals surface area contributed by atoms with Crippen molar-refractivity contribution in [3.05, 3.63) is 15.4 Å². The second-order valence-corrected chi connectivity index (χ2v) is 7.92. The van der Waals surface area contributed by atoms with E-state index in [0.717, 1.165) is 24.2 Å². The molecule has 1 unspecified atom stereocenters. The molecular formula is C17H28N2O2S. The van der Waals surface area contributed by atoms with Gasteiger partial charge in [0.15, 0.2) is 4.80 Å². The highest BCUT2D eigenvalue weighted by Gasteiger charge is 2.28. The van der Waals surface area contributed by atoms with Crippen molar-refractivity contribution in [1.29, 1.82) is 0 Å². The SMILES string of the molecule is COCCn1c(C)c(C)sc1=NC(=O)C1C[C@@H](C)C[C@@H](C)C1. The van der Waals surface area contributed by atoms with Crippen LogP contribution >= 0.6 is 11.3 Å². The van der Waals surface area contributed by atoms with Crippen LogP contribution in [0.3, 0.4) is 0 Å². The fraction of sp³-hybridized carbons (Fsp3) is 0.765. The third-order valence-electron chi connectivity index (χ3n) is 4.64. The van der Waals surface area contributed by atoms with Crippen molar-refractivity contribution in [2.75, 3.05) is 13.7 Å². The smallest absolute Gasteiger partial charge is 0.251 e. The van der Waals surface area contributed by atoms with Gasteiger partial charge in [0, 0.05) is 30.1 Å². The zero-order valence-corrected chi connectivity index (χ0v) is 15.2. The minimum Gasteiger partial charge on any atom is -0.383 e. The third kappa shape index (κ3) is 4.07. The zero-order chi connectivity index (χ0) is 16.3. The average molecular weight is 324 g/mol. The maximum Gasteiger partial charge on any atom is 0.251 e. The van der Waals surface area contributed by atoms with Crippen molar-refractivity contribution in [2.24, 2.45) is 22.7 Å². The van der Waals surface area contributed by atoms with Crippen LogP contribution in [0.2, 0.25) is 0 Å². The van der Waals surface area contributed by atoms with Gasteiger partial charge in [0.05, 0.1) is 6.61 Å². The molecule has 0 N–H and O–H groups in total. The molecule has 1 aromatic rings. The number of hydrogen-bond donors (Lipinski definition) is 0. The number of hydrogen-bond acceptors (Lipinski definition) is 3. The van der Waals surface area contributed by atoms with Gasteiger partial charge in [-0.05, 0) is 44.9 Å². The van der Waals surface area contributed by atoms with Crippen LogP contribution in [0, 0.1) is 31.6 Å². The summed E-state index contributed by atoms with van der Waals surface area (Å²) in [5.74, 6) is 1.41. The molecule has 0 saturated heterocycles. The van der Waals surface area contributed by atoms with E-state index in [1.54, 1.807) is 18.4 Å². The maximum absolute atomic E-state index is 12.6. The molecule has 0 radical (unpaired) electrons. The quantitative estimate of drug-likeness (QED) is 0.853. The summed E-state index contributed by atoms with van der Waals surface area (Å²) in [7, 11) is 1.70. The lowest BCUT2D eigenvalue weighted by Gasteiger charge is -2.29. The van der Waals surface area contributed by atoms with Gasteiger partial charge in [-0.15, -0.1) is 11.3 Å². The molecule has 0 aromatic carbocycles. The molecule has 124 valence electrons. The number of nitrogens with zero attached hydrogens (tertiary/aromatic N) is 2. The van der Waals surface area contributed by atoms with Crippen LogP contribution in [-0.2, 0) is 16.1 Å². The number of methoxy groups -OCH3 is 1. The minimum atomic E-state index is 0.0609. The molecule has 1 aromatic heterocycles. The molecule has 3 atom stereocenters. The summed E-state index contributed by atoms with van der Waals surface area (Å²) >= 11 is 1.61. The number of rotatable bonds is 4. The summed E-state index contributed by atoms with van der Waals surface area (Å²) in [4.78, 5) is 19.1. The Kier molecular flexibility index (Phi) is 5.98. The van der Waals surface area contributed by atoms with Gasteiger partial charge in [-0.25, -0.2) is 0 Å². The third-order valence-corrected chi connectivity index (χ3v) is 5.74. The minimum absolute atomic E-state index is 0.0609. The Hall–Kier alpha value is -0.940. The molecule has 22 heavy (non-hydrogen) atoms. The highest BCUT2D eigenvalue weighted by atomic mass is 32.1. The Morgan fingerprint density at radius 3 is 2.50 bits per heavy atom. The lowest BCUT2D eigenvalue weighted by Crippen LogP contribution is -2.27. The summed E-state index contributed by atoms with van der Waals surface area (Å²) < 4.78 is 7.28. The monoisotopic (exact) mass is 324 g/mol. The van der Waals surface area contributed by atoms with Gasteiger partial charge in [-0.1, -0.05) is 13.8 Å². The van der Waals surface area contributed by atoms with Crippen LogP contribution in [0.15, 0.2) is 4.99 Å². The summed E-state index contributed by atoms with van der Waals surface area (Å²) in [6.45, 7) is 10.0. The first-order chi connectivity index (χ1) is 10.4. The predicted molar refractivity (Wildman–Crippen MR) is 89.9 cm³/mol. The Balaban J connectivity index is 2.24. The second-order valence-electron chi connectivity index (χ2n) is 6.74. The normalized spacial score (nSPS) is 26.4. The number of carbonyl (C=O) groups excluding carboxylic acids is 1. The average Bonchev–Trinajstić information content (AvgIpc) is 2.70. The Morgan fingerprint density at radius 2 is 1.91 bits per heavy atom. The fourth-order valence-electron chi connectivity index (χ4n) is 3.46. The topological polar surface area (TPSA) is 43.6 Å². The predicted octanol–water partition coefficient (Wildman–Crippen LogP) is 3.31.